The van der Waals surface area contributed by atoms with Crippen molar-refractivity contribution in [1.82, 2.24) is 9.97 Å². The van der Waals surface area contributed by atoms with Crippen molar-refractivity contribution in [3.05, 3.63) is 43.0 Å². The molecule has 58 valence electrons. The molecule has 0 aliphatic heterocycles. The highest BCUT2D eigenvalue weighted by atomic mass is 14.7. The van der Waals surface area contributed by atoms with Gasteiger partial charge in [-0.15, -0.1) is 0 Å². The molecule has 2 rings (SSSR count). The molecule has 12 heavy (non-hydrogen) atoms. The van der Waals surface area contributed by atoms with Gasteiger partial charge in [-0.2, -0.15) is 0 Å². The molecule has 0 radical (unpaired) electrons. The minimum atomic E-state index is 1.05. The van der Waals surface area contributed by atoms with Crippen LogP contribution in [0.5, 0.6) is 0 Å². The maximum Gasteiger partial charge on any atom is 0.0362 e. The standard InChI is InChI=1S/C10H8N2/c1-2-8-5-12-7-9-6-11-4-3-10(8)9/h2-7H,1H2. The van der Waals surface area contributed by atoms with Gasteiger partial charge in [0, 0.05) is 35.7 Å². The summed E-state index contributed by atoms with van der Waals surface area (Å²) in [5.41, 5.74) is 1.05. The first-order valence-electron chi connectivity index (χ1n) is 3.72. The van der Waals surface area contributed by atoms with E-state index < -0.39 is 0 Å². The first-order valence-corrected chi connectivity index (χ1v) is 3.72. The Kier molecular flexibility index (Phi) is 1.59. The van der Waals surface area contributed by atoms with Crippen LogP contribution in [0.25, 0.3) is 16.8 Å². The Bertz CT molecular complexity index is 416. The van der Waals surface area contributed by atoms with Gasteiger partial charge in [0.25, 0.3) is 0 Å². The van der Waals surface area contributed by atoms with E-state index >= 15 is 0 Å². The lowest BCUT2D eigenvalue weighted by Crippen LogP contribution is -1.81. The lowest BCUT2D eigenvalue weighted by atomic mass is 10.1. The zero-order chi connectivity index (χ0) is 8.39. The van der Waals surface area contributed by atoms with E-state index in [2.05, 4.69) is 16.5 Å². The summed E-state index contributed by atoms with van der Waals surface area (Å²) in [6, 6.07) is 1.97. The molecule has 0 amide bonds. The summed E-state index contributed by atoms with van der Waals surface area (Å²) in [4.78, 5) is 8.09. The van der Waals surface area contributed by atoms with Crippen molar-refractivity contribution >= 4 is 16.8 Å². The van der Waals surface area contributed by atoms with E-state index in [1.165, 1.54) is 0 Å². The number of pyridine rings is 2. The van der Waals surface area contributed by atoms with Gasteiger partial charge in [0.1, 0.15) is 0 Å². The van der Waals surface area contributed by atoms with Crippen LogP contribution >= 0.6 is 0 Å². The molecule has 0 atom stereocenters. The maximum absolute atomic E-state index is 4.07. The molecule has 0 aliphatic carbocycles. The van der Waals surface area contributed by atoms with E-state index in [1.807, 2.05) is 6.07 Å². The number of hydrogen-bond acceptors (Lipinski definition) is 2. The van der Waals surface area contributed by atoms with Crippen LogP contribution in [-0.4, -0.2) is 9.97 Å². The number of aromatic nitrogens is 2. The van der Waals surface area contributed by atoms with Crippen LogP contribution in [-0.2, 0) is 0 Å². The van der Waals surface area contributed by atoms with Gasteiger partial charge >= 0.3 is 0 Å². The van der Waals surface area contributed by atoms with E-state index in [0.717, 1.165) is 16.3 Å². The molecule has 2 aromatic rings. The van der Waals surface area contributed by atoms with Crippen LogP contribution in [0.3, 0.4) is 0 Å². The van der Waals surface area contributed by atoms with Crippen LogP contribution in [0.2, 0.25) is 0 Å². The predicted octanol–water partition coefficient (Wildman–Crippen LogP) is 2.27. The molecule has 0 bridgehead atoms. The van der Waals surface area contributed by atoms with Crippen molar-refractivity contribution < 1.29 is 0 Å². The molecule has 0 N–H and O–H groups in total. The fourth-order valence-corrected chi connectivity index (χ4v) is 1.20. The highest BCUT2D eigenvalue weighted by molar-refractivity contribution is 5.88. The topological polar surface area (TPSA) is 25.8 Å². The Hall–Kier alpha value is -1.70. The number of hydrogen-bond donors (Lipinski definition) is 0. The zero-order valence-corrected chi connectivity index (χ0v) is 6.57. The quantitative estimate of drug-likeness (QED) is 0.633. The van der Waals surface area contributed by atoms with E-state index in [1.54, 1.807) is 30.9 Å². The third kappa shape index (κ3) is 0.975. The summed E-state index contributed by atoms with van der Waals surface area (Å²) in [6.07, 6.45) is 8.98. The minimum Gasteiger partial charge on any atom is -0.264 e. The average Bonchev–Trinajstić information content (AvgIpc) is 2.17. The van der Waals surface area contributed by atoms with Crippen LogP contribution < -0.4 is 0 Å². The minimum absolute atomic E-state index is 1.05. The Morgan fingerprint density at radius 1 is 1.17 bits per heavy atom. The van der Waals surface area contributed by atoms with E-state index in [-0.39, 0.29) is 0 Å². The Morgan fingerprint density at radius 2 is 2.00 bits per heavy atom. The molecule has 2 aromatic heterocycles. The Balaban J connectivity index is 2.88. The molecule has 0 aromatic carbocycles. The lowest BCUT2D eigenvalue weighted by Gasteiger charge is -1.98. The van der Waals surface area contributed by atoms with Gasteiger partial charge < -0.3 is 0 Å². The molecule has 0 spiro atoms. The van der Waals surface area contributed by atoms with Crippen LogP contribution in [0, 0.1) is 0 Å². The summed E-state index contributed by atoms with van der Waals surface area (Å²) < 4.78 is 0. The molecule has 0 saturated heterocycles. The normalized spacial score (nSPS) is 10.0. The number of fused-ring (bicyclic) bond motifs is 1. The molecular formula is C10H8N2. The molecule has 2 heteroatoms. The first kappa shape index (κ1) is 6.98. The maximum atomic E-state index is 4.07. The number of nitrogens with zero attached hydrogens (tertiary/aromatic N) is 2. The Labute approximate surface area is 70.6 Å². The number of rotatable bonds is 1. The van der Waals surface area contributed by atoms with Gasteiger partial charge in [-0.3, -0.25) is 9.97 Å². The van der Waals surface area contributed by atoms with Gasteiger partial charge in [-0.05, 0) is 11.5 Å². The van der Waals surface area contributed by atoms with Gasteiger partial charge in [0.2, 0.25) is 0 Å². The summed E-state index contributed by atoms with van der Waals surface area (Å²) >= 11 is 0. The van der Waals surface area contributed by atoms with Crippen molar-refractivity contribution in [2.75, 3.05) is 0 Å². The van der Waals surface area contributed by atoms with E-state index in [4.69, 9.17) is 0 Å². The highest BCUT2D eigenvalue weighted by Crippen LogP contribution is 2.15. The molecule has 0 aliphatic rings. The van der Waals surface area contributed by atoms with Crippen molar-refractivity contribution in [2.24, 2.45) is 0 Å². The third-order valence-corrected chi connectivity index (χ3v) is 1.81. The van der Waals surface area contributed by atoms with Gasteiger partial charge in [0.05, 0.1) is 0 Å². The SMILES string of the molecule is C=Cc1cncc2cnccc12. The summed E-state index contributed by atoms with van der Waals surface area (Å²) in [5.74, 6) is 0. The predicted molar refractivity (Wildman–Crippen MR) is 49.6 cm³/mol. The summed E-state index contributed by atoms with van der Waals surface area (Å²) in [7, 11) is 0. The van der Waals surface area contributed by atoms with E-state index in [0.29, 0.717) is 0 Å². The van der Waals surface area contributed by atoms with Gasteiger partial charge in [-0.1, -0.05) is 12.7 Å². The molecule has 2 nitrogen and oxygen atoms in total. The monoisotopic (exact) mass is 156 g/mol. The zero-order valence-electron chi connectivity index (χ0n) is 6.57. The van der Waals surface area contributed by atoms with Crippen LogP contribution in [0.1, 0.15) is 5.56 Å². The van der Waals surface area contributed by atoms with Crippen LogP contribution in [0.4, 0.5) is 0 Å². The highest BCUT2D eigenvalue weighted by Gasteiger charge is 1.95. The lowest BCUT2D eigenvalue weighted by molar-refractivity contribution is 1.31. The second-order valence-electron chi connectivity index (χ2n) is 2.53. The molecule has 0 saturated carbocycles. The average molecular weight is 156 g/mol. The van der Waals surface area contributed by atoms with Gasteiger partial charge in [-0.25, -0.2) is 0 Å². The van der Waals surface area contributed by atoms with Crippen molar-refractivity contribution in [3.8, 4) is 0 Å². The second kappa shape index (κ2) is 2.74. The first-order chi connectivity index (χ1) is 5.92. The molecular weight excluding hydrogens is 148 g/mol. The third-order valence-electron chi connectivity index (χ3n) is 1.81. The van der Waals surface area contributed by atoms with Crippen molar-refractivity contribution in [3.63, 3.8) is 0 Å². The summed E-state index contributed by atoms with van der Waals surface area (Å²) in [5, 5.41) is 2.20. The second-order valence-corrected chi connectivity index (χ2v) is 2.53. The van der Waals surface area contributed by atoms with Crippen molar-refractivity contribution in [1.29, 1.82) is 0 Å². The van der Waals surface area contributed by atoms with Crippen LogP contribution in [0.15, 0.2) is 37.4 Å². The van der Waals surface area contributed by atoms with Crippen molar-refractivity contribution in [2.45, 2.75) is 0 Å². The molecule has 0 fully saturated rings. The smallest absolute Gasteiger partial charge is 0.0362 e. The largest absolute Gasteiger partial charge is 0.264 e. The molecule has 0 unspecified atom stereocenters. The fraction of sp³-hybridized carbons (Fsp3) is 0. The van der Waals surface area contributed by atoms with Gasteiger partial charge in [0.15, 0.2) is 0 Å². The van der Waals surface area contributed by atoms with E-state index in [9.17, 15) is 0 Å². The Morgan fingerprint density at radius 3 is 2.83 bits per heavy atom. The fourth-order valence-electron chi connectivity index (χ4n) is 1.20. The summed E-state index contributed by atoms with van der Waals surface area (Å²) in [6.45, 7) is 3.72. The molecule has 2 heterocycles.